The lowest BCUT2D eigenvalue weighted by molar-refractivity contribution is 0.550. The van der Waals surface area contributed by atoms with Crippen molar-refractivity contribution in [2.75, 3.05) is 0 Å². The largest absolute Gasteiger partial charge is 0.207 e. The molecule has 0 aromatic heterocycles. The minimum Gasteiger partial charge on any atom is -0.207 e. The van der Waals surface area contributed by atoms with Crippen LogP contribution in [0.5, 0.6) is 0 Å². The van der Waals surface area contributed by atoms with Crippen molar-refractivity contribution in [3.8, 4) is 12.3 Å². The Labute approximate surface area is 76.6 Å². The summed E-state index contributed by atoms with van der Waals surface area (Å²) in [6.07, 6.45) is 5.10. The average molecular weight is 180 g/mol. The molecule has 0 N–H and O–H groups in total. The summed E-state index contributed by atoms with van der Waals surface area (Å²) in [5.41, 5.74) is 0.538. The molecule has 1 aromatic rings. The molecule has 0 heterocycles. The first-order valence-electron chi connectivity index (χ1n) is 3.98. The van der Waals surface area contributed by atoms with Crippen molar-refractivity contribution in [3.63, 3.8) is 0 Å². The van der Waals surface area contributed by atoms with E-state index in [1.54, 1.807) is 13.8 Å². The van der Waals surface area contributed by atoms with Crippen molar-refractivity contribution < 1.29 is 8.78 Å². The van der Waals surface area contributed by atoms with E-state index in [1.165, 1.54) is 12.1 Å². The Morgan fingerprint density at radius 2 is 1.77 bits per heavy atom. The Morgan fingerprint density at radius 1 is 1.31 bits per heavy atom. The van der Waals surface area contributed by atoms with Gasteiger partial charge in [0.05, 0.1) is 0 Å². The van der Waals surface area contributed by atoms with Crippen LogP contribution in [-0.2, 0) is 0 Å². The Hall–Kier alpha value is -1.36. The van der Waals surface area contributed by atoms with Gasteiger partial charge in [-0.2, -0.15) is 0 Å². The lowest BCUT2D eigenvalue weighted by atomic mass is 9.99. The van der Waals surface area contributed by atoms with Crippen molar-refractivity contribution in [2.24, 2.45) is 0 Å². The van der Waals surface area contributed by atoms with Crippen molar-refractivity contribution in [1.29, 1.82) is 0 Å². The van der Waals surface area contributed by atoms with Gasteiger partial charge in [-0.25, -0.2) is 8.78 Å². The van der Waals surface area contributed by atoms with Gasteiger partial charge in [0.2, 0.25) is 0 Å². The van der Waals surface area contributed by atoms with E-state index >= 15 is 0 Å². The van der Waals surface area contributed by atoms with E-state index in [-0.39, 0.29) is 5.56 Å². The van der Waals surface area contributed by atoms with E-state index in [1.807, 2.05) is 0 Å². The van der Waals surface area contributed by atoms with Gasteiger partial charge in [-0.1, -0.05) is 5.92 Å². The highest BCUT2D eigenvalue weighted by Crippen LogP contribution is 2.22. The number of halogens is 2. The van der Waals surface area contributed by atoms with E-state index in [4.69, 9.17) is 6.42 Å². The van der Waals surface area contributed by atoms with Gasteiger partial charge in [-0.3, -0.25) is 0 Å². The molecule has 0 saturated carbocycles. The highest BCUT2D eigenvalue weighted by molar-refractivity contribution is 5.31. The van der Waals surface area contributed by atoms with Crippen molar-refractivity contribution >= 4 is 0 Å². The van der Waals surface area contributed by atoms with Gasteiger partial charge in [0, 0.05) is 11.5 Å². The van der Waals surface area contributed by atoms with Crippen LogP contribution >= 0.6 is 0 Å². The lowest BCUT2D eigenvalue weighted by Gasteiger charge is -2.08. The number of rotatable bonds is 1. The minimum atomic E-state index is -0.567. The molecule has 0 spiro atoms. The predicted molar refractivity (Wildman–Crippen MR) is 48.3 cm³/mol. The normalized spacial score (nSPS) is 12.2. The SMILES string of the molecule is C#CC(C)c1c(F)cc(C)cc1F. The molecular weight excluding hydrogens is 170 g/mol. The zero-order chi connectivity index (χ0) is 10.0. The minimum absolute atomic E-state index is 0.0203. The maximum Gasteiger partial charge on any atom is 0.130 e. The highest BCUT2D eigenvalue weighted by atomic mass is 19.1. The molecule has 0 bridgehead atoms. The topological polar surface area (TPSA) is 0 Å². The molecule has 1 rings (SSSR count). The van der Waals surface area contributed by atoms with Crippen LogP contribution in [0.25, 0.3) is 0 Å². The fourth-order valence-corrected chi connectivity index (χ4v) is 1.21. The van der Waals surface area contributed by atoms with Gasteiger partial charge in [-0.05, 0) is 31.5 Å². The van der Waals surface area contributed by atoms with E-state index in [2.05, 4.69) is 5.92 Å². The number of terminal acetylenes is 1. The fourth-order valence-electron chi connectivity index (χ4n) is 1.21. The number of benzene rings is 1. The first-order chi connectivity index (χ1) is 6.06. The lowest BCUT2D eigenvalue weighted by Crippen LogP contribution is -2.00. The Morgan fingerprint density at radius 3 is 2.15 bits per heavy atom. The summed E-state index contributed by atoms with van der Waals surface area (Å²) in [5.74, 6) is 0.642. The molecule has 0 radical (unpaired) electrons. The van der Waals surface area contributed by atoms with Crippen LogP contribution in [0.3, 0.4) is 0 Å². The van der Waals surface area contributed by atoms with E-state index in [9.17, 15) is 8.78 Å². The van der Waals surface area contributed by atoms with Gasteiger partial charge in [0.25, 0.3) is 0 Å². The number of aryl methyl sites for hydroxylation is 1. The summed E-state index contributed by atoms with van der Waals surface area (Å²) in [4.78, 5) is 0. The molecule has 1 aromatic carbocycles. The molecule has 0 aliphatic rings. The molecule has 0 nitrogen and oxygen atoms in total. The molecule has 68 valence electrons. The Kier molecular flexibility index (Phi) is 2.67. The summed E-state index contributed by atoms with van der Waals surface area (Å²) in [6.45, 7) is 3.23. The molecule has 0 saturated heterocycles. The standard InChI is InChI=1S/C11H10F2/c1-4-8(3)11-9(12)5-7(2)6-10(11)13/h1,5-6,8H,2-3H3. The summed E-state index contributed by atoms with van der Waals surface area (Å²) < 4.78 is 26.4. The summed E-state index contributed by atoms with van der Waals surface area (Å²) in [5, 5.41) is 0. The monoisotopic (exact) mass is 180 g/mol. The third-order valence-electron chi connectivity index (χ3n) is 1.91. The first kappa shape index (κ1) is 9.73. The van der Waals surface area contributed by atoms with Gasteiger partial charge >= 0.3 is 0 Å². The zero-order valence-corrected chi connectivity index (χ0v) is 7.57. The third kappa shape index (κ3) is 1.86. The maximum atomic E-state index is 13.2. The predicted octanol–water partition coefficient (Wildman–Crippen LogP) is 3.01. The van der Waals surface area contributed by atoms with Gasteiger partial charge in [-0.15, -0.1) is 6.42 Å². The average Bonchev–Trinajstić information content (AvgIpc) is 2.02. The second kappa shape index (κ2) is 3.57. The molecule has 0 aliphatic heterocycles. The summed E-state index contributed by atoms with van der Waals surface area (Å²) in [7, 11) is 0. The first-order valence-corrected chi connectivity index (χ1v) is 3.98. The smallest absolute Gasteiger partial charge is 0.130 e. The molecule has 0 amide bonds. The van der Waals surface area contributed by atoms with Crippen LogP contribution in [0.15, 0.2) is 12.1 Å². The van der Waals surface area contributed by atoms with Crippen LogP contribution < -0.4 is 0 Å². The van der Waals surface area contributed by atoms with Crippen molar-refractivity contribution in [2.45, 2.75) is 19.8 Å². The Bertz CT molecular complexity index is 338. The molecule has 2 heteroatoms. The second-order valence-corrected chi connectivity index (χ2v) is 3.03. The van der Waals surface area contributed by atoms with Gasteiger partial charge in [0.1, 0.15) is 11.6 Å². The van der Waals surface area contributed by atoms with Crippen molar-refractivity contribution in [1.82, 2.24) is 0 Å². The summed E-state index contributed by atoms with van der Waals surface area (Å²) >= 11 is 0. The molecule has 1 unspecified atom stereocenters. The maximum absolute atomic E-state index is 13.2. The fraction of sp³-hybridized carbons (Fsp3) is 0.273. The molecular formula is C11H10F2. The third-order valence-corrected chi connectivity index (χ3v) is 1.91. The van der Waals surface area contributed by atoms with Crippen molar-refractivity contribution in [3.05, 3.63) is 34.9 Å². The second-order valence-electron chi connectivity index (χ2n) is 3.03. The molecule has 1 atom stereocenters. The summed E-state index contributed by atoms with van der Waals surface area (Å²) in [6, 6.07) is 2.57. The van der Waals surface area contributed by atoms with E-state index in [0.717, 1.165) is 0 Å². The van der Waals surface area contributed by atoms with Crippen LogP contribution in [0.2, 0.25) is 0 Å². The van der Waals surface area contributed by atoms with Gasteiger partial charge < -0.3 is 0 Å². The molecule has 13 heavy (non-hydrogen) atoms. The number of hydrogen-bond donors (Lipinski definition) is 0. The van der Waals surface area contributed by atoms with Crippen LogP contribution in [0, 0.1) is 30.9 Å². The van der Waals surface area contributed by atoms with Crippen LogP contribution in [0.4, 0.5) is 8.78 Å². The van der Waals surface area contributed by atoms with E-state index < -0.39 is 17.6 Å². The van der Waals surface area contributed by atoms with Crippen LogP contribution in [0.1, 0.15) is 24.0 Å². The molecule has 0 fully saturated rings. The Balaban J connectivity index is 3.30. The van der Waals surface area contributed by atoms with E-state index in [0.29, 0.717) is 5.56 Å². The molecule has 0 aliphatic carbocycles. The quantitative estimate of drug-likeness (QED) is 0.583. The zero-order valence-electron chi connectivity index (χ0n) is 7.57. The van der Waals surface area contributed by atoms with Crippen LogP contribution in [-0.4, -0.2) is 0 Å². The highest BCUT2D eigenvalue weighted by Gasteiger charge is 2.14. The number of hydrogen-bond acceptors (Lipinski definition) is 0. The van der Waals surface area contributed by atoms with Gasteiger partial charge in [0.15, 0.2) is 0 Å².